The van der Waals surface area contributed by atoms with Gasteiger partial charge in [-0.2, -0.15) is 0 Å². The number of aliphatic imine (C=N–C) groups is 1. The van der Waals surface area contributed by atoms with E-state index in [0.29, 0.717) is 29.5 Å². The normalized spacial score (nSPS) is 12.4. The Morgan fingerprint density at radius 3 is 2.32 bits per heavy atom. The molecule has 0 unspecified atom stereocenters. The maximum Gasteiger partial charge on any atom is 0.210 e. The van der Waals surface area contributed by atoms with Gasteiger partial charge in [0.2, 0.25) is 10.0 Å². The first-order chi connectivity index (χ1) is 11.0. The minimum atomic E-state index is -3.53. The fourth-order valence-electron chi connectivity index (χ4n) is 2.05. The van der Waals surface area contributed by atoms with Crippen molar-refractivity contribution in [2.24, 2.45) is 10.1 Å². The Morgan fingerprint density at radius 1 is 1.20 bits per heavy atom. The van der Waals surface area contributed by atoms with Crippen LogP contribution in [0.5, 0.6) is 0 Å². The van der Waals surface area contributed by atoms with E-state index in [-0.39, 0.29) is 36.3 Å². The van der Waals surface area contributed by atoms with Crippen molar-refractivity contribution < 1.29 is 16.8 Å². The van der Waals surface area contributed by atoms with Crippen molar-refractivity contribution in [3.05, 3.63) is 29.3 Å². The van der Waals surface area contributed by atoms with Gasteiger partial charge >= 0.3 is 0 Å². The average Bonchev–Trinajstić information content (AvgIpc) is 2.42. The van der Waals surface area contributed by atoms with Crippen LogP contribution in [0.25, 0.3) is 0 Å². The lowest BCUT2D eigenvalue weighted by Gasteiger charge is -2.11. The molecule has 0 aliphatic heterocycles. The van der Waals surface area contributed by atoms with Crippen LogP contribution in [0.2, 0.25) is 0 Å². The minimum Gasteiger partial charge on any atom is -0.357 e. The zero-order valence-corrected chi connectivity index (χ0v) is 18.4. The van der Waals surface area contributed by atoms with Gasteiger partial charge in [0.15, 0.2) is 15.8 Å². The quantitative estimate of drug-likeness (QED) is 0.279. The number of rotatable bonds is 7. The molecule has 0 saturated carbocycles. The molecule has 0 saturated heterocycles. The molecule has 1 aromatic rings. The van der Waals surface area contributed by atoms with Crippen molar-refractivity contribution in [3.63, 3.8) is 0 Å². The van der Waals surface area contributed by atoms with Gasteiger partial charge in [0.1, 0.15) is 0 Å². The van der Waals surface area contributed by atoms with Crippen molar-refractivity contribution in [1.29, 1.82) is 0 Å². The number of nitrogens with zero attached hydrogens (tertiary/aromatic N) is 1. The van der Waals surface area contributed by atoms with Crippen LogP contribution in [0.3, 0.4) is 0 Å². The second kappa shape index (κ2) is 10.3. The second-order valence-corrected chi connectivity index (χ2v) is 9.08. The zero-order valence-electron chi connectivity index (χ0n) is 14.4. The summed E-state index contributed by atoms with van der Waals surface area (Å²) in [6, 6.07) is 5.05. The van der Waals surface area contributed by atoms with E-state index in [1.165, 1.54) is 6.26 Å². The highest BCUT2D eigenvalue weighted by Crippen LogP contribution is 2.17. The topological polar surface area (TPSA) is 131 Å². The Labute approximate surface area is 166 Å². The van der Waals surface area contributed by atoms with Gasteiger partial charge in [-0.3, -0.25) is 0 Å². The molecule has 0 aliphatic carbocycles. The summed E-state index contributed by atoms with van der Waals surface area (Å²) < 4.78 is 45.1. The molecule has 0 aromatic heterocycles. The van der Waals surface area contributed by atoms with Crippen LogP contribution in [-0.4, -0.2) is 47.9 Å². The van der Waals surface area contributed by atoms with E-state index in [2.05, 4.69) is 15.6 Å². The Bertz CT molecular complexity index is 808. The molecule has 0 spiro atoms. The standard InChI is InChI=1S/C14H24N4O4S2.HI/c1-4-16-14(17-7-8-24(15,21)22)18-10-12-5-6-13(11(2)9-12)23(3,19)20;/h5-6,9H,4,7-8,10H2,1-3H3,(H2,15,21,22)(H2,16,17,18);1H. The number of primary sulfonamides is 1. The molecule has 0 bridgehead atoms. The molecule has 0 amide bonds. The van der Waals surface area contributed by atoms with Crippen molar-refractivity contribution >= 4 is 49.8 Å². The monoisotopic (exact) mass is 504 g/mol. The van der Waals surface area contributed by atoms with Gasteiger partial charge in [-0.1, -0.05) is 12.1 Å². The highest BCUT2D eigenvalue weighted by atomic mass is 127. The van der Waals surface area contributed by atoms with E-state index in [1.807, 2.05) is 6.92 Å². The third kappa shape index (κ3) is 9.37. The number of hydrogen-bond donors (Lipinski definition) is 3. The van der Waals surface area contributed by atoms with E-state index < -0.39 is 19.9 Å². The third-order valence-electron chi connectivity index (χ3n) is 3.08. The van der Waals surface area contributed by atoms with Crippen LogP contribution in [0.1, 0.15) is 18.1 Å². The summed E-state index contributed by atoms with van der Waals surface area (Å²) in [5, 5.41) is 10.8. The Balaban J connectivity index is 0.00000576. The molecule has 144 valence electrons. The van der Waals surface area contributed by atoms with Gasteiger partial charge in [0, 0.05) is 19.3 Å². The molecule has 4 N–H and O–H groups in total. The third-order valence-corrected chi connectivity index (χ3v) is 5.11. The Morgan fingerprint density at radius 2 is 1.84 bits per heavy atom. The van der Waals surface area contributed by atoms with Crippen LogP contribution in [-0.2, 0) is 26.4 Å². The maximum absolute atomic E-state index is 11.6. The van der Waals surface area contributed by atoms with Crippen molar-refractivity contribution in [2.75, 3.05) is 25.1 Å². The fourth-order valence-corrected chi connectivity index (χ4v) is 3.40. The zero-order chi connectivity index (χ0) is 18.4. The van der Waals surface area contributed by atoms with E-state index in [1.54, 1.807) is 25.1 Å². The lowest BCUT2D eigenvalue weighted by Crippen LogP contribution is -2.40. The molecule has 0 aliphatic rings. The van der Waals surface area contributed by atoms with Gasteiger partial charge < -0.3 is 10.6 Å². The highest BCUT2D eigenvalue weighted by Gasteiger charge is 2.10. The molecule has 0 atom stereocenters. The number of hydrogen-bond acceptors (Lipinski definition) is 5. The fraction of sp³-hybridized carbons (Fsp3) is 0.500. The summed E-state index contributed by atoms with van der Waals surface area (Å²) in [5.41, 5.74) is 1.51. The Kier molecular flexibility index (Phi) is 9.90. The molecule has 11 heteroatoms. The first-order valence-corrected chi connectivity index (χ1v) is 11.0. The predicted molar refractivity (Wildman–Crippen MR) is 110 cm³/mol. The van der Waals surface area contributed by atoms with Gasteiger partial charge in [0.25, 0.3) is 0 Å². The molecular formula is C14H25IN4O4S2. The maximum atomic E-state index is 11.6. The number of halogens is 1. The van der Waals surface area contributed by atoms with Gasteiger partial charge in [-0.05, 0) is 31.0 Å². The smallest absolute Gasteiger partial charge is 0.210 e. The molecule has 1 rings (SSSR count). The first-order valence-electron chi connectivity index (χ1n) is 7.35. The molecular weight excluding hydrogens is 479 g/mol. The highest BCUT2D eigenvalue weighted by molar-refractivity contribution is 14.0. The van der Waals surface area contributed by atoms with Gasteiger partial charge in [-0.15, -0.1) is 24.0 Å². The van der Waals surface area contributed by atoms with Crippen LogP contribution in [0.4, 0.5) is 0 Å². The number of nitrogens with two attached hydrogens (primary N) is 1. The Hall–Kier alpha value is -0.920. The SMILES string of the molecule is CCNC(=NCc1ccc(S(C)(=O)=O)c(C)c1)NCCS(N)(=O)=O.I. The average molecular weight is 504 g/mol. The summed E-state index contributed by atoms with van der Waals surface area (Å²) in [4.78, 5) is 4.65. The summed E-state index contributed by atoms with van der Waals surface area (Å²) in [6.07, 6.45) is 1.17. The lowest BCUT2D eigenvalue weighted by molar-refractivity contribution is 0.595. The van der Waals surface area contributed by atoms with E-state index in [0.717, 1.165) is 5.56 Å². The van der Waals surface area contributed by atoms with E-state index in [4.69, 9.17) is 5.14 Å². The first kappa shape index (κ1) is 24.1. The molecule has 25 heavy (non-hydrogen) atoms. The summed E-state index contributed by atoms with van der Waals surface area (Å²) >= 11 is 0. The van der Waals surface area contributed by atoms with Crippen LogP contribution >= 0.6 is 24.0 Å². The number of sulfonamides is 1. The van der Waals surface area contributed by atoms with E-state index >= 15 is 0 Å². The summed E-state index contributed by atoms with van der Waals surface area (Å²) in [7, 11) is -6.77. The largest absolute Gasteiger partial charge is 0.357 e. The second-order valence-electron chi connectivity index (χ2n) is 5.36. The van der Waals surface area contributed by atoms with Gasteiger partial charge in [0.05, 0.1) is 17.2 Å². The van der Waals surface area contributed by atoms with Gasteiger partial charge in [-0.25, -0.2) is 27.0 Å². The van der Waals surface area contributed by atoms with Crippen LogP contribution in [0.15, 0.2) is 28.1 Å². The molecule has 0 fully saturated rings. The molecule has 0 heterocycles. The number of benzene rings is 1. The minimum absolute atomic E-state index is 0. The summed E-state index contributed by atoms with van der Waals surface area (Å²) in [6.45, 7) is 4.72. The number of nitrogens with one attached hydrogen (secondary N) is 2. The summed E-state index contributed by atoms with van der Waals surface area (Å²) in [5.74, 6) is 0.269. The van der Waals surface area contributed by atoms with Crippen molar-refractivity contribution in [2.45, 2.75) is 25.3 Å². The van der Waals surface area contributed by atoms with Crippen LogP contribution < -0.4 is 15.8 Å². The molecule has 1 aromatic carbocycles. The van der Waals surface area contributed by atoms with E-state index in [9.17, 15) is 16.8 Å². The lowest BCUT2D eigenvalue weighted by atomic mass is 10.1. The number of aryl methyl sites for hydroxylation is 1. The molecule has 0 radical (unpaired) electrons. The van der Waals surface area contributed by atoms with Crippen molar-refractivity contribution in [1.82, 2.24) is 10.6 Å². The number of guanidine groups is 1. The predicted octanol–water partition coefficient (Wildman–Crippen LogP) is 0.360. The molecule has 8 nitrogen and oxygen atoms in total. The number of sulfone groups is 1. The van der Waals surface area contributed by atoms with Crippen molar-refractivity contribution in [3.8, 4) is 0 Å². The van der Waals surface area contributed by atoms with Crippen LogP contribution in [0, 0.1) is 6.92 Å².